The number of nitrogens with zero attached hydrogens (tertiary/aromatic N) is 3. The smallest absolute Gasteiger partial charge is 0.266 e. The van der Waals surface area contributed by atoms with Gasteiger partial charge in [0.15, 0.2) is 5.16 Å². The fourth-order valence-electron chi connectivity index (χ4n) is 3.72. The van der Waals surface area contributed by atoms with Crippen molar-refractivity contribution >= 4 is 91.9 Å². The van der Waals surface area contributed by atoms with Crippen LogP contribution in [0.2, 0.25) is 0 Å². The van der Waals surface area contributed by atoms with E-state index in [1.54, 1.807) is 24.3 Å². The number of aromatic nitrogens is 2. The van der Waals surface area contributed by atoms with Gasteiger partial charge in [0.25, 0.3) is 5.91 Å². The minimum atomic E-state index is -0.394. The number of carbonyl (C=O) groups is 3. The Kier molecular flexibility index (Phi) is 8.03. The zero-order valence-corrected chi connectivity index (χ0v) is 22.9. The van der Waals surface area contributed by atoms with E-state index >= 15 is 0 Å². The van der Waals surface area contributed by atoms with Crippen molar-refractivity contribution in [3.05, 3.63) is 81.6 Å². The van der Waals surface area contributed by atoms with Crippen LogP contribution >= 0.6 is 47.1 Å². The predicted molar refractivity (Wildman–Crippen MR) is 155 cm³/mol. The molecule has 1 aliphatic heterocycles. The highest BCUT2D eigenvalue weighted by molar-refractivity contribution is 8.26. The van der Waals surface area contributed by atoms with Crippen LogP contribution in [0.3, 0.4) is 0 Å². The molecular formula is C26H19FN4O3S4. The number of anilines is 1. The summed E-state index contributed by atoms with van der Waals surface area (Å²) in [6.07, 6.45) is 1.83. The Morgan fingerprint density at radius 1 is 1.11 bits per heavy atom. The van der Waals surface area contributed by atoms with Crippen LogP contribution in [0.1, 0.15) is 16.1 Å². The minimum Gasteiger partial charge on any atom is -0.325 e. The molecule has 3 heterocycles. The lowest BCUT2D eigenvalue weighted by atomic mass is 10.3. The molecule has 1 aliphatic rings. The van der Waals surface area contributed by atoms with Gasteiger partial charge in [0, 0.05) is 23.5 Å². The largest absolute Gasteiger partial charge is 0.325 e. The van der Waals surface area contributed by atoms with Gasteiger partial charge in [0.2, 0.25) is 11.8 Å². The van der Waals surface area contributed by atoms with E-state index in [1.165, 1.54) is 56.8 Å². The second-order valence-corrected chi connectivity index (χ2v) is 11.7. The van der Waals surface area contributed by atoms with Crippen molar-refractivity contribution in [2.24, 2.45) is 0 Å². The zero-order chi connectivity index (χ0) is 26.6. The number of benzene rings is 2. The molecule has 2 aromatic carbocycles. The summed E-state index contributed by atoms with van der Waals surface area (Å²) < 4.78 is 15.0. The van der Waals surface area contributed by atoms with Crippen molar-refractivity contribution in [2.75, 3.05) is 17.6 Å². The standard InChI is InChI=1S/C26H19FN4O3S4/c27-16-7-9-17(10-8-16)28-22(32)15-37-25-29-19-5-1-2-6-20(19)31(25)23(33)11-12-30-24(34)21(38-26(30)35)14-18-4-3-13-36-18/h1-10,13-14H,11-12,15H2,(H,28,32). The highest BCUT2D eigenvalue weighted by atomic mass is 32.2. The molecule has 2 amide bonds. The molecule has 0 saturated carbocycles. The summed E-state index contributed by atoms with van der Waals surface area (Å²) in [6, 6.07) is 16.5. The van der Waals surface area contributed by atoms with Crippen LogP contribution in [0.5, 0.6) is 0 Å². The summed E-state index contributed by atoms with van der Waals surface area (Å²) in [5.74, 6) is -1.20. The summed E-state index contributed by atoms with van der Waals surface area (Å²) in [5, 5.41) is 5.00. The average molecular weight is 583 g/mol. The van der Waals surface area contributed by atoms with Crippen LogP contribution in [0, 0.1) is 5.82 Å². The normalized spacial score (nSPS) is 14.6. The number of thiophene rings is 1. The first-order valence-electron chi connectivity index (χ1n) is 11.4. The fourth-order valence-corrected chi connectivity index (χ4v) is 6.57. The number of thiocarbonyl (C=S) groups is 1. The van der Waals surface area contributed by atoms with Crippen LogP contribution in [-0.2, 0) is 9.59 Å². The van der Waals surface area contributed by atoms with Crippen molar-refractivity contribution in [3.8, 4) is 0 Å². The zero-order valence-electron chi connectivity index (χ0n) is 19.6. The first-order chi connectivity index (χ1) is 18.4. The topological polar surface area (TPSA) is 84.3 Å². The number of rotatable bonds is 8. The summed E-state index contributed by atoms with van der Waals surface area (Å²) in [4.78, 5) is 46.3. The third-order valence-corrected chi connectivity index (χ3v) is 8.61. The number of imidazole rings is 1. The first-order valence-corrected chi connectivity index (χ1v) is 14.5. The molecule has 38 heavy (non-hydrogen) atoms. The summed E-state index contributed by atoms with van der Waals surface area (Å²) in [7, 11) is 0. The molecule has 0 radical (unpaired) electrons. The van der Waals surface area contributed by atoms with E-state index in [0.29, 0.717) is 31.1 Å². The Labute approximate surface area is 235 Å². The van der Waals surface area contributed by atoms with E-state index in [2.05, 4.69) is 10.3 Å². The van der Waals surface area contributed by atoms with Gasteiger partial charge >= 0.3 is 0 Å². The molecule has 2 aromatic heterocycles. The fraction of sp³-hybridized carbons (Fsp3) is 0.115. The quantitative estimate of drug-likeness (QED) is 0.157. The van der Waals surface area contributed by atoms with Gasteiger partial charge in [0.05, 0.1) is 21.7 Å². The lowest BCUT2D eigenvalue weighted by molar-refractivity contribution is -0.122. The third kappa shape index (κ3) is 5.88. The monoisotopic (exact) mass is 582 g/mol. The molecule has 1 N–H and O–H groups in total. The van der Waals surface area contributed by atoms with Gasteiger partial charge in [-0.1, -0.05) is 53.9 Å². The van der Waals surface area contributed by atoms with E-state index in [9.17, 15) is 18.8 Å². The van der Waals surface area contributed by atoms with Crippen LogP contribution < -0.4 is 5.32 Å². The lowest BCUT2D eigenvalue weighted by Gasteiger charge is -2.14. The van der Waals surface area contributed by atoms with Crippen LogP contribution in [0.4, 0.5) is 10.1 Å². The van der Waals surface area contributed by atoms with Crippen LogP contribution in [-0.4, -0.2) is 48.8 Å². The highest BCUT2D eigenvalue weighted by Gasteiger charge is 2.32. The third-order valence-electron chi connectivity index (χ3n) is 5.48. The van der Waals surface area contributed by atoms with E-state index in [1.807, 2.05) is 23.6 Å². The maximum Gasteiger partial charge on any atom is 0.266 e. The van der Waals surface area contributed by atoms with Crippen molar-refractivity contribution in [2.45, 2.75) is 11.6 Å². The summed E-state index contributed by atoms with van der Waals surface area (Å²) in [6.45, 7) is 0.132. The molecule has 0 aliphatic carbocycles. The number of hydrogen-bond donors (Lipinski definition) is 1. The summed E-state index contributed by atoms with van der Waals surface area (Å²) >= 11 is 9.28. The van der Waals surface area contributed by atoms with Gasteiger partial charge in [-0.15, -0.1) is 11.3 Å². The number of thioether (sulfide) groups is 2. The molecular weight excluding hydrogens is 564 g/mol. The number of para-hydroxylation sites is 2. The van der Waals surface area contributed by atoms with Crippen molar-refractivity contribution in [1.29, 1.82) is 0 Å². The maximum atomic E-state index is 13.4. The van der Waals surface area contributed by atoms with E-state index in [4.69, 9.17) is 12.2 Å². The molecule has 0 bridgehead atoms. The minimum absolute atomic E-state index is 0.00378. The second kappa shape index (κ2) is 11.6. The SMILES string of the molecule is O=C(CSc1nc2ccccc2n1C(=O)CCN1C(=O)C(=Cc2cccs2)SC1=S)Nc1ccc(F)cc1. The number of fused-ring (bicyclic) bond motifs is 1. The Morgan fingerprint density at radius 2 is 1.89 bits per heavy atom. The van der Waals surface area contributed by atoms with Crippen LogP contribution in [0.25, 0.3) is 17.1 Å². The van der Waals surface area contributed by atoms with Gasteiger partial charge in [-0.2, -0.15) is 0 Å². The van der Waals surface area contributed by atoms with Crippen molar-refractivity contribution in [3.63, 3.8) is 0 Å². The molecule has 1 saturated heterocycles. The van der Waals surface area contributed by atoms with E-state index < -0.39 is 5.82 Å². The Balaban J connectivity index is 1.28. The Bertz CT molecular complexity index is 1570. The number of nitrogens with one attached hydrogen (secondary N) is 1. The predicted octanol–water partition coefficient (Wildman–Crippen LogP) is 5.90. The molecule has 5 rings (SSSR count). The maximum absolute atomic E-state index is 13.4. The number of halogens is 1. The van der Waals surface area contributed by atoms with E-state index in [0.717, 1.165) is 16.6 Å². The van der Waals surface area contributed by atoms with Gasteiger partial charge in [-0.05, 0) is 53.9 Å². The number of hydrogen-bond acceptors (Lipinski definition) is 8. The van der Waals surface area contributed by atoms with Gasteiger partial charge in [0.1, 0.15) is 10.1 Å². The first kappa shape index (κ1) is 26.3. The molecule has 0 unspecified atom stereocenters. The van der Waals surface area contributed by atoms with Crippen molar-refractivity contribution < 1.29 is 18.8 Å². The highest BCUT2D eigenvalue weighted by Crippen LogP contribution is 2.33. The van der Waals surface area contributed by atoms with Gasteiger partial charge in [-0.25, -0.2) is 9.37 Å². The molecule has 1 fully saturated rings. The van der Waals surface area contributed by atoms with Crippen LogP contribution in [0.15, 0.2) is 76.1 Å². The second-order valence-electron chi connectivity index (χ2n) is 8.05. The Morgan fingerprint density at radius 3 is 2.66 bits per heavy atom. The van der Waals surface area contributed by atoms with Gasteiger partial charge < -0.3 is 5.32 Å². The molecule has 4 aromatic rings. The van der Waals surface area contributed by atoms with Gasteiger partial charge in [-0.3, -0.25) is 23.9 Å². The van der Waals surface area contributed by atoms with E-state index in [-0.39, 0.29) is 36.4 Å². The summed E-state index contributed by atoms with van der Waals surface area (Å²) in [5.41, 5.74) is 1.70. The molecule has 0 atom stereocenters. The van der Waals surface area contributed by atoms with Crippen molar-refractivity contribution in [1.82, 2.24) is 14.5 Å². The molecule has 192 valence electrons. The lowest BCUT2D eigenvalue weighted by Crippen LogP contribution is -2.31. The molecule has 12 heteroatoms. The number of carbonyl (C=O) groups excluding carboxylic acids is 3. The number of amides is 2. The Hall–Kier alpha value is -3.32. The molecule has 7 nitrogen and oxygen atoms in total. The average Bonchev–Trinajstić information content (AvgIpc) is 3.61. The molecule has 0 spiro atoms.